The Bertz CT molecular complexity index is 609. The van der Waals surface area contributed by atoms with Gasteiger partial charge >= 0.3 is 0 Å². The van der Waals surface area contributed by atoms with Gasteiger partial charge in [-0.2, -0.15) is 0 Å². The van der Waals surface area contributed by atoms with Crippen molar-refractivity contribution in [3.63, 3.8) is 0 Å². The lowest BCUT2D eigenvalue weighted by Gasteiger charge is -2.05. The van der Waals surface area contributed by atoms with Gasteiger partial charge < -0.3 is 11.5 Å². The van der Waals surface area contributed by atoms with E-state index < -0.39 is 0 Å². The third-order valence-corrected chi connectivity index (χ3v) is 2.95. The van der Waals surface area contributed by atoms with Gasteiger partial charge in [0.2, 0.25) is 0 Å². The Hall–Kier alpha value is -1.92. The van der Waals surface area contributed by atoms with Gasteiger partial charge in [-0.05, 0) is 23.4 Å². The fourth-order valence-corrected chi connectivity index (χ4v) is 1.65. The lowest BCUT2D eigenvalue weighted by atomic mass is 10.2. The summed E-state index contributed by atoms with van der Waals surface area (Å²) in [6.45, 7) is 0. The number of rotatable bonds is 2. The van der Waals surface area contributed by atoms with Crippen molar-refractivity contribution in [3.8, 4) is 11.4 Å². The summed E-state index contributed by atoms with van der Waals surface area (Å²) in [7, 11) is 0. The van der Waals surface area contributed by atoms with Crippen molar-refractivity contribution >= 4 is 40.5 Å². The summed E-state index contributed by atoms with van der Waals surface area (Å²) in [5.74, 6) is 0.0770. The van der Waals surface area contributed by atoms with Gasteiger partial charge in [0.25, 0.3) is 0 Å². The van der Waals surface area contributed by atoms with Crippen LogP contribution in [0.1, 0.15) is 0 Å². The van der Waals surface area contributed by atoms with Crippen LogP contribution >= 0.6 is 23.2 Å². The van der Waals surface area contributed by atoms with E-state index in [1.807, 2.05) is 0 Å². The fourth-order valence-electron chi connectivity index (χ4n) is 1.35. The minimum absolute atomic E-state index is 0.0847. The van der Waals surface area contributed by atoms with E-state index >= 15 is 0 Å². The van der Waals surface area contributed by atoms with E-state index in [-0.39, 0.29) is 23.1 Å². The Morgan fingerprint density at radius 3 is 2.17 bits per heavy atom. The zero-order valence-corrected chi connectivity index (χ0v) is 10.4. The van der Waals surface area contributed by atoms with Crippen LogP contribution in [-0.2, 0) is 0 Å². The van der Waals surface area contributed by atoms with E-state index in [1.54, 1.807) is 18.2 Å². The maximum absolute atomic E-state index is 10.5. The van der Waals surface area contributed by atoms with Crippen molar-refractivity contribution in [2.45, 2.75) is 0 Å². The number of nitrogens with zero attached hydrogens (tertiary/aromatic N) is 3. The molecule has 4 N–H and O–H groups in total. The summed E-state index contributed by atoms with van der Waals surface area (Å²) in [5, 5.41) is 3.43. The van der Waals surface area contributed by atoms with Crippen LogP contribution in [-0.4, -0.2) is 9.97 Å². The molecular weight excluding hydrogens is 277 g/mol. The Kier molecular flexibility index (Phi) is 3.31. The number of aromatic nitrogens is 2. The fraction of sp³-hybridized carbons (Fsp3) is 0. The summed E-state index contributed by atoms with van der Waals surface area (Å²) in [6, 6.07) is 4.84. The van der Waals surface area contributed by atoms with Crippen molar-refractivity contribution in [2.75, 3.05) is 11.5 Å². The van der Waals surface area contributed by atoms with Gasteiger partial charge in [0.15, 0.2) is 23.1 Å². The van der Waals surface area contributed by atoms with Gasteiger partial charge in [-0.1, -0.05) is 23.2 Å². The minimum Gasteiger partial charge on any atom is -0.382 e. The van der Waals surface area contributed by atoms with E-state index in [9.17, 15) is 4.91 Å². The molecule has 0 amide bonds. The molecule has 0 aliphatic rings. The van der Waals surface area contributed by atoms with Crippen LogP contribution in [0.2, 0.25) is 10.0 Å². The molecule has 92 valence electrons. The molecule has 1 aromatic carbocycles. The number of benzene rings is 1. The van der Waals surface area contributed by atoms with Crippen LogP contribution in [0.3, 0.4) is 0 Å². The second-order valence-electron chi connectivity index (χ2n) is 3.39. The van der Waals surface area contributed by atoms with Crippen LogP contribution in [0.4, 0.5) is 17.3 Å². The predicted octanol–water partition coefficient (Wildman–Crippen LogP) is 3.01. The van der Waals surface area contributed by atoms with E-state index in [2.05, 4.69) is 15.1 Å². The first-order valence-corrected chi connectivity index (χ1v) is 5.50. The average Bonchev–Trinajstić information content (AvgIpc) is 2.32. The molecule has 18 heavy (non-hydrogen) atoms. The highest BCUT2D eigenvalue weighted by molar-refractivity contribution is 6.42. The van der Waals surface area contributed by atoms with Crippen molar-refractivity contribution in [1.29, 1.82) is 0 Å². The maximum atomic E-state index is 10.5. The van der Waals surface area contributed by atoms with E-state index in [1.165, 1.54) is 0 Å². The first kappa shape index (κ1) is 12.5. The first-order valence-electron chi connectivity index (χ1n) is 4.74. The summed E-state index contributed by atoms with van der Waals surface area (Å²) in [5.41, 5.74) is 11.5. The summed E-state index contributed by atoms with van der Waals surface area (Å²) < 4.78 is 0. The number of nitrogen functional groups attached to an aromatic ring is 2. The predicted molar refractivity (Wildman–Crippen MR) is 71.8 cm³/mol. The number of hydrogen-bond donors (Lipinski definition) is 2. The van der Waals surface area contributed by atoms with Gasteiger partial charge in [-0.3, -0.25) is 0 Å². The topological polar surface area (TPSA) is 107 Å². The van der Waals surface area contributed by atoms with Gasteiger partial charge in [-0.15, -0.1) is 4.91 Å². The van der Waals surface area contributed by atoms with Crippen LogP contribution in [0, 0.1) is 4.91 Å². The third-order valence-electron chi connectivity index (χ3n) is 2.21. The molecule has 2 aromatic rings. The average molecular weight is 284 g/mol. The van der Waals surface area contributed by atoms with Crippen molar-refractivity contribution in [2.24, 2.45) is 5.18 Å². The maximum Gasteiger partial charge on any atom is 0.192 e. The number of nitrogens with two attached hydrogens (primary N) is 2. The Labute approximate surface area is 112 Å². The minimum atomic E-state index is -0.168. The largest absolute Gasteiger partial charge is 0.382 e. The third kappa shape index (κ3) is 2.20. The highest BCUT2D eigenvalue weighted by Gasteiger charge is 2.12. The lowest BCUT2D eigenvalue weighted by Crippen LogP contribution is -2.01. The molecule has 8 heteroatoms. The van der Waals surface area contributed by atoms with Crippen molar-refractivity contribution in [1.82, 2.24) is 9.97 Å². The summed E-state index contributed by atoms with van der Waals surface area (Å²) in [4.78, 5) is 18.3. The van der Waals surface area contributed by atoms with Crippen LogP contribution in [0.5, 0.6) is 0 Å². The summed E-state index contributed by atoms with van der Waals surface area (Å²) >= 11 is 11.7. The van der Waals surface area contributed by atoms with Crippen molar-refractivity contribution < 1.29 is 0 Å². The molecule has 2 rings (SSSR count). The van der Waals surface area contributed by atoms with Crippen LogP contribution < -0.4 is 11.5 Å². The monoisotopic (exact) mass is 283 g/mol. The number of anilines is 2. The highest BCUT2D eigenvalue weighted by Crippen LogP contribution is 2.31. The molecule has 0 spiro atoms. The molecule has 1 aromatic heterocycles. The zero-order valence-electron chi connectivity index (χ0n) is 8.89. The van der Waals surface area contributed by atoms with Gasteiger partial charge in [-0.25, -0.2) is 9.97 Å². The SMILES string of the molecule is Nc1nc(-c2ccc(Cl)c(Cl)c2)nc(N)c1N=O. The van der Waals surface area contributed by atoms with E-state index in [0.29, 0.717) is 15.6 Å². The molecule has 0 atom stereocenters. The molecule has 6 nitrogen and oxygen atoms in total. The van der Waals surface area contributed by atoms with Gasteiger partial charge in [0, 0.05) is 5.56 Å². The molecule has 0 fully saturated rings. The molecule has 0 aliphatic carbocycles. The van der Waals surface area contributed by atoms with Gasteiger partial charge in [0.1, 0.15) is 0 Å². The molecular formula is C10H7Cl2N5O. The molecule has 0 aliphatic heterocycles. The van der Waals surface area contributed by atoms with E-state index in [4.69, 9.17) is 34.7 Å². The van der Waals surface area contributed by atoms with Crippen LogP contribution in [0.25, 0.3) is 11.4 Å². The summed E-state index contributed by atoms with van der Waals surface area (Å²) in [6.07, 6.45) is 0. The molecule has 1 heterocycles. The number of hydrogen-bond acceptors (Lipinski definition) is 6. The first-order chi connectivity index (χ1) is 8.52. The number of halogens is 2. The Morgan fingerprint density at radius 1 is 1.06 bits per heavy atom. The molecule has 0 unspecified atom stereocenters. The van der Waals surface area contributed by atoms with E-state index in [0.717, 1.165) is 0 Å². The molecule has 0 saturated heterocycles. The van der Waals surface area contributed by atoms with Gasteiger partial charge in [0.05, 0.1) is 10.0 Å². The zero-order chi connectivity index (χ0) is 13.3. The normalized spacial score (nSPS) is 10.3. The molecule has 0 saturated carbocycles. The second kappa shape index (κ2) is 4.75. The Balaban J connectivity index is 2.58. The highest BCUT2D eigenvalue weighted by atomic mass is 35.5. The quantitative estimate of drug-likeness (QED) is 0.824. The van der Waals surface area contributed by atoms with Crippen molar-refractivity contribution in [3.05, 3.63) is 33.2 Å². The smallest absolute Gasteiger partial charge is 0.192 e. The standard InChI is InChI=1S/C10H7Cl2N5O/c11-5-2-1-4(3-6(5)12)10-15-8(13)7(17-18)9(14)16-10/h1-3H,(H4,13,14,15,16). The lowest BCUT2D eigenvalue weighted by molar-refractivity contribution is 1.18. The second-order valence-corrected chi connectivity index (χ2v) is 4.20. The molecule has 0 bridgehead atoms. The Morgan fingerprint density at radius 2 is 1.67 bits per heavy atom. The molecule has 0 radical (unpaired) electrons. The van der Waals surface area contributed by atoms with Crippen LogP contribution in [0.15, 0.2) is 23.4 Å². The number of nitroso groups, excluding NO2 is 1.